The van der Waals surface area contributed by atoms with E-state index in [1.165, 1.54) is 11.6 Å². The number of rotatable bonds is 5. The predicted molar refractivity (Wildman–Crippen MR) is 88.9 cm³/mol. The lowest BCUT2D eigenvalue weighted by Crippen LogP contribution is -2.14. The van der Waals surface area contributed by atoms with Crippen molar-refractivity contribution in [3.63, 3.8) is 0 Å². The molecule has 0 aliphatic heterocycles. The van der Waals surface area contributed by atoms with Gasteiger partial charge in [0.15, 0.2) is 11.6 Å². The van der Waals surface area contributed by atoms with Crippen LogP contribution in [-0.4, -0.2) is 0 Å². The Morgan fingerprint density at radius 1 is 1.10 bits per heavy atom. The number of benzene rings is 2. The first-order valence-corrected chi connectivity index (χ1v) is 8.21. The summed E-state index contributed by atoms with van der Waals surface area (Å²) in [6.07, 6.45) is 1.07. The summed E-state index contributed by atoms with van der Waals surface area (Å²) in [6.45, 7) is 6.59. The molecule has 0 aromatic heterocycles. The Kier molecular flexibility index (Phi) is 5.04. The first-order valence-electron chi connectivity index (χ1n) is 7.09. The Labute approximate surface area is 134 Å². The van der Waals surface area contributed by atoms with Gasteiger partial charge in [0.2, 0.25) is 0 Å². The molecule has 2 aromatic rings. The molecule has 0 atom stereocenters. The summed E-state index contributed by atoms with van der Waals surface area (Å²) in [6, 6.07) is 12.9. The fraction of sp³-hybridized carbons (Fsp3) is 0.333. The van der Waals surface area contributed by atoms with Crippen LogP contribution >= 0.6 is 15.9 Å². The summed E-state index contributed by atoms with van der Waals surface area (Å²) in [5.74, 6) is 0.559. The van der Waals surface area contributed by atoms with Gasteiger partial charge < -0.3 is 4.74 Å². The number of alkyl halides is 1. The molecular weight excluding hydrogens is 331 g/mol. The summed E-state index contributed by atoms with van der Waals surface area (Å²) in [5, 5.41) is 0.630. The maximum Gasteiger partial charge on any atom is 0.166 e. The first-order chi connectivity index (χ1) is 9.96. The lowest BCUT2D eigenvalue weighted by Gasteiger charge is -2.23. The van der Waals surface area contributed by atoms with Crippen molar-refractivity contribution in [2.24, 2.45) is 0 Å². The van der Waals surface area contributed by atoms with E-state index in [0.29, 0.717) is 11.1 Å². The van der Waals surface area contributed by atoms with Crippen molar-refractivity contribution in [3.8, 4) is 11.5 Å². The molecule has 112 valence electrons. The van der Waals surface area contributed by atoms with E-state index in [9.17, 15) is 4.39 Å². The molecule has 2 rings (SSSR count). The molecule has 0 fully saturated rings. The maximum absolute atomic E-state index is 13.9. The van der Waals surface area contributed by atoms with E-state index in [1.807, 2.05) is 30.3 Å². The van der Waals surface area contributed by atoms with Crippen LogP contribution in [0.3, 0.4) is 0 Å². The van der Waals surface area contributed by atoms with Gasteiger partial charge in [-0.3, -0.25) is 0 Å². The minimum Gasteiger partial charge on any atom is -0.454 e. The van der Waals surface area contributed by atoms with Gasteiger partial charge in [0.25, 0.3) is 0 Å². The molecule has 0 saturated carbocycles. The molecule has 0 unspecified atom stereocenters. The van der Waals surface area contributed by atoms with Crippen LogP contribution in [0.25, 0.3) is 0 Å². The average Bonchev–Trinajstić information content (AvgIpc) is 2.50. The summed E-state index contributed by atoms with van der Waals surface area (Å²) >= 11 is 3.31. The second-order valence-corrected chi connectivity index (χ2v) is 6.32. The normalized spacial score (nSPS) is 11.5. The van der Waals surface area contributed by atoms with E-state index in [0.717, 1.165) is 12.0 Å². The van der Waals surface area contributed by atoms with Crippen molar-refractivity contribution in [1.29, 1.82) is 0 Å². The molecule has 0 spiro atoms. The zero-order chi connectivity index (χ0) is 15.5. The monoisotopic (exact) mass is 350 g/mol. The minimum absolute atomic E-state index is 0.140. The van der Waals surface area contributed by atoms with Crippen molar-refractivity contribution in [1.82, 2.24) is 0 Å². The molecule has 1 nitrogen and oxygen atoms in total. The molecule has 2 aromatic carbocycles. The zero-order valence-corrected chi connectivity index (χ0v) is 14.2. The number of hydrogen-bond acceptors (Lipinski definition) is 1. The van der Waals surface area contributed by atoms with Gasteiger partial charge in [0.05, 0.1) is 0 Å². The highest BCUT2D eigenvalue weighted by atomic mass is 79.9. The summed E-state index contributed by atoms with van der Waals surface area (Å²) < 4.78 is 19.5. The molecular formula is C18H20BrFO. The Balaban J connectivity index is 2.17. The van der Waals surface area contributed by atoms with Gasteiger partial charge in [-0.2, -0.15) is 0 Å². The lowest BCUT2D eigenvalue weighted by atomic mass is 9.82. The zero-order valence-electron chi connectivity index (χ0n) is 12.6. The Hall–Kier alpha value is -1.35. The van der Waals surface area contributed by atoms with Crippen LogP contribution in [-0.2, 0) is 10.7 Å². The third kappa shape index (κ3) is 3.85. The Bertz CT molecular complexity index is 605. The molecule has 0 aliphatic rings. The molecule has 0 amide bonds. The van der Waals surface area contributed by atoms with Crippen LogP contribution in [0, 0.1) is 5.82 Å². The first kappa shape index (κ1) is 16.0. The van der Waals surface area contributed by atoms with Crippen molar-refractivity contribution in [2.45, 2.75) is 37.9 Å². The summed E-state index contributed by atoms with van der Waals surface area (Å²) in [4.78, 5) is 0. The highest BCUT2D eigenvalue weighted by molar-refractivity contribution is 9.08. The second-order valence-electron chi connectivity index (χ2n) is 5.76. The van der Waals surface area contributed by atoms with Gasteiger partial charge in [0.1, 0.15) is 5.75 Å². The highest BCUT2D eigenvalue weighted by Gasteiger charge is 2.17. The Morgan fingerprint density at radius 2 is 1.76 bits per heavy atom. The molecule has 3 heteroatoms. The Morgan fingerprint density at radius 3 is 2.29 bits per heavy atom. The second kappa shape index (κ2) is 6.61. The van der Waals surface area contributed by atoms with Gasteiger partial charge in [-0.15, -0.1) is 0 Å². The quantitative estimate of drug-likeness (QED) is 0.583. The van der Waals surface area contributed by atoms with Crippen LogP contribution in [0.4, 0.5) is 4.39 Å². The molecule has 21 heavy (non-hydrogen) atoms. The van der Waals surface area contributed by atoms with Crippen LogP contribution in [0.5, 0.6) is 11.5 Å². The summed E-state index contributed by atoms with van der Waals surface area (Å²) in [7, 11) is 0. The molecule has 0 heterocycles. The van der Waals surface area contributed by atoms with E-state index in [4.69, 9.17) is 4.74 Å². The van der Waals surface area contributed by atoms with Gasteiger partial charge >= 0.3 is 0 Å². The van der Waals surface area contributed by atoms with Crippen molar-refractivity contribution in [3.05, 3.63) is 59.4 Å². The van der Waals surface area contributed by atoms with Crippen molar-refractivity contribution < 1.29 is 9.13 Å². The van der Waals surface area contributed by atoms with E-state index in [-0.39, 0.29) is 17.0 Å². The van der Waals surface area contributed by atoms with Gasteiger partial charge in [-0.05, 0) is 47.2 Å². The van der Waals surface area contributed by atoms with Gasteiger partial charge in [-0.25, -0.2) is 4.39 Å². The third-order valence-corrected chi connectivity index (χ3v) is 4.55. The van der Waals surface area contributed by atoms with E-state index < -0.39 is 0 Å². The molecule has 0 aliphatic carbocycles. The topological polar surface area (TPSA) is 9.23 Å². The average molecular weight is 351 g/mol. The largest absolute Gasteiger partial charge is 0.454 e. The van der Waals surface area contributed by atoms with Crippen LogP contribution < -0.4 is 4.74 Å². The lowest BCUT2D eigenvalue weighted by molar-refractivity contribution is 0.440. The molecule has 0 bridgehead atoms. The fourth-order valence-corrected chi connectivity index (χ4v) is 2.36. The standard InChI is InChI=1S/C18H20BrFO/c1-4-18(2,3)14-6-8-15(9-7-14)21-17-10-5-13(12-19)11-16(17)20/h5-11H,4,12H2,1-3H3. The van der Waals surface area contributed by atoms with Crippen LogP contribution in [0.1, 0.15) is 38.3 Å². The van der Waals surface area contributed by atoms with E-state index in [2.05, 4.69) is 36.7 Å². The highest BCUT2D eigenvalue weighted by Crippen LogP contribution is 2.30. The predicted octanol–water partition coefficient (Wildman–Crippen LogP) is 6.20. The van der Waals surface area contributed by atoms with Crippen LogP contribution in [0.2, 0.25) is 0 Å². The summed E-state index contributed by atoms with van der Waals surface area (Å²) in [5.41, 5.74) is 2.29. The SMILES string of the molecule is CCC(C)(C)c1ccc(Oc2ccc(CBr)cc2F)cc1. The van der Waals surface area contributed by atoms with Gasteiger partial charge in [-0.1, -0.05) is 54.9 Å². The maximum atomic E-state index is 13.9. The van der Waals surface area contributed by atoms with E-state index in [1.54, 1.807) is 6.07 Å². The number of hydrogen-bond donors (Lipinski definition) is 0. The van der Waals surface area contributed by atoms with Crippen LogP contribution in [0.15, 0.2) is 42.5 Å². The number of ether oxygens (including phenoxy) is 1. The number of halogens is 2. The van der Waals surface area contributed by atoms with E-state index >= 15 is 0 Å². The molecule has 0 saturated heterocycles. The van der Waals surface area contributed by atoms with Crippen molar-refractivity contribution >= 4 is 15.9 Å². The molecule has 0 radical (unpaired) electrons. The fourth-order valence-electron chi connectivity index (χ4n) is 2.02. The molecule has 0 N–H and O–H groups in total. The smallest absolute Gasteiger partial charge is 0.166 e. The minimum atomic E-state index is -0.343. The van der Waals surface area contributed by atoms with Crippen molar-refractivity contribution in [2.75, 3.05) is 0 Å². The third-order valence-electron chi connectivity index (χ3n) is 3.90. The van der Waals surface area contributed by atoms with Gasteiger partial charge in [0, 0.05) is 5.33 Å².